The first kappa shape index (κ1) is 20.0. The molecule has 4 aromatic rings. The number of halogens is 2. The fourth-order valence-electron chi connectivity index (χ4n) is 5.51. The van der Waals surface area contributed by atoms with E-state index in [0.29, 0.717) is 28.9 Å². The minimum absolute atomic E-state index is 0.00927. The van der Waals surface area contributed by atoms with Crippen molar-refractivity contribution in [3.63, 3.8) is 0 Å². The number of aromatic nitrogens is 4. The standard InChI is InChI=1S/C25H21F2N5O/c1-31-23(14-10-15(26)12-16(27)11-14)20-13-17-4-2-6-21(22(20)30-31)32(17)25(33)19-7-9-29-24-18(19)5-3-8-28-24/h3,5,7-12,17,21H,2,4,6,13H2,1H3. The van der Waals surface area contributed by atoms with Gasteiger partial charge in [-0.15, -0.1) is 0 Å². The number of benzene rings is 1. The van der Waals surface area contributed by atoms with Crippen molar-refractivity contribution in [3.05, 3.63) is 77.2 Å². The number of aryl methyl sites for hydroxylation is 1. The highest BCUT2D eigenvalue weighted by Crippen LogP contribution is 2.45. The second-order valence-corrected chi connectivity index (χ2v) is 8.74. The Morgan fingerprint density at radius 3 is 2.67 bits per heavy atom. The first-order valence-electron chi connectivity index (χ1n) is 11.1. The summed E-state index contributed by atoms with van der Waals surface area (Å²) in [7, 11) is 1.79. The number of nitrogens with zero attached hydrogens (tertiary/aromatic N) is 5. The lowest BCUT2D eigenvalue weighted by Crippen LogP contribution is -2.49. The molecule has 6 nitrogen and oxygen atoms in total. The maximum atomic E-state index is 14.0. The largest absolute Gasteiger partial charge is 0.327 e. The summed E-state index contributed by atoms with van der Waals surface area (Å²) in [5.74, 6) is -1.29. The van der Waals surface area contributed by atoms with Crippen molar-refractivity contribution < 1.29 is 13.6 Å². The Morgan fingerprint density at radius 2 is 1.85 bits per heavy atom. The molecule has 1 fully saturated rings. The molecule has 2 bridgehead atoms. The smallest absolute Gasteiger partial charge is 0.255 e. The molecule has 1 amide bonds. The number of pyridine rings is 2. The quantitative estimate of drug-likeness (QED) is 0.452. The van der Waals surface area contributed by atoms with Crippen LogP contribution in [0.15, 0.2) is 48.8 Å². The Kier molecular flexibility index (Phi) is 4.50. The van der Waals surface area contributed by atoms with E-state index >= 15 is 0 Å². The molecular formula is C25H21F2N5O. The van der Waals surface area contributed by atoms with Crippen molar-refractivity contribution in [2.45, 2.75) is 37.8 Å². The van der Waals surface area contributed by atoms with Gasteiger partial charge in [0.25, 0.3) is 5.91 Å². The van der Waals surface area contributed by atoms with E-state index in [0.717, 1.165) is 42.0 Å². The number of amides is 1. The van der Waals surface area contributed by atoms with Crippen molar-refractivity contribution in [2.24, 2.45) is 7.05 Å². The molecule has 8 heteroatoms. The molecule has 0 saturated carbocycles. The summed E-state index contributed by atoms with van der Waals surface area (Å²) >= 11 is 0. The number of rotatable bonds is 2. The molecule has 0 aliphatic carbocycles. The van der Waals surface area contributed by atoms with Crippen LogP contribution in [0.5, 0.6) is 0 Å². The summed E-state index contributed by atoms with van der Waals surface area (Å²) in [6, 6.07) is 8.77. The SMILES string of the molecule is Cn1nc2c(c1-c1cc(F)cc(F)c1)CC1CCCC2N1C(=O)c1ccnc2ncccc12. The topological polar surface area (TPSA) is 63.9 Å². The fraction of sp³-hybridized carbons (Fsp3) is 0.280. The predicted molar refractivity (Wildman–Crippen MR) is 118 cm³/mol. The van der Waals surface area contributed by atoms with Gasteiger partial charge in [0.15, 0.2) is 5.65 Å². The number of carbonyl (C=O) groups is 1. The van der Waals surface area contributed by atoms with E-state index in [1.807, 2.05) is 11.0 Å². The van der Waals surface area contributed by atoms with Gasteiger partial charge in [-0.05, 0) is 56.0 Å². The summed E-state index contributed by atoms with van der Waals surface area (Å²) in [5.41, 5.74) is 4.09. The zero-order chi connectivity index (χ0) is 22.7. The van der Waals surface area contributed by atoms with Gasteiger partial charge in [0, 0.05) is 48.1 Å². The molecule has 166 valence electrons. The number of piperidine rings is 1. The number of fused-ring (bicyclic) bond motifs is 5. The van der Waals surface area contributed by atoms with E-state index in [1.165, 1.54) is 12.1 Å². The highest BCUT2D eigenvalue weighted by molar-refractivity contribution is 6.05. The van der Waals surface area contributed by atoms with Crippen molar-refractivity contribution >= 4 is 16.9 Å². The van der Waals surface area contributed by atoms with Gasteiger partial charge in [0.05, 0.1) is 23.0 Å². The van der Waals surface area contributed by atoms with E-state index in [4.69, 9.17) is 5.10 Å². The molecule has 6 rings (SSSR count). The average Bonchev–Trinajstić information content (AvgIpc) is 3.13. The summed E-state index contributed by atoms with van der Waals surface area (Å²) in [4.78, 5) is 24.3. The van der Waals surface area contributed by atoms with Crippen LogP contribution in [0.2, 0.25) is 0 Å². The Labute approximate surface area is 188 Å². The lowest BCUT2D eigenvalue weighted by atomic mass is 9.81. The second kappa shape index (κ2) is 7.43. The monoisotopic (exact) mass is 445 g/mol. The van der Waals surface area contributed by atoms with Gasteiger partial charge in [-0.2, -0.15) is 5.10 Å². The Balaban J connectivity index is 1.46. The number of hydrogen-bond acceptors (Lipinski definition) is 4. The van der Waals surface area contributed by atoms with E-state index < -0.39 is 11.6 Å². The maximum Gasteiger partial charge on any atom is 0.255 e. The van der Waals surface area contributed by atoms with E-state index in [9.17, 15) is 13.6 Å². The molecule has 1 saturated heterocycles. The van der Waals surface area contributed by atoms with E-state index in [2.05, 4.69) is 9.97 Å². The van der Waals surface area contributed by atoms with Crippen LogP contribution in [0.1, 0.15) is 46.9 Å². The van der Waals surface area contributed by atoms with Crippen molar-refractivity contribution in [1.82, 2.24) is 24.6 Å². The maximum absolute atomic E-state index is 14.0. The summed E-state index contributed by atoms with van der Waals surface area (Å²) in [6.07, 6.45) is 6.54. The van der Waals surface area contributed by atoms with Crippen LogP contribution in [-0.4, -0.2) is 36.6 Å². The van der Waals surface area contributed by atoms with Crippen molar-refractivity contribution in [1.29, 1.82) is 0 Å². The third-order valence-electron chi connectivity index (χ3n) is 6.79. The lowest BCUT2D eigenvalue weighted by molar-refractivity contribution is 0.0394. The average molecular weight is 445 g/mol. The van der Waals surface area contributed by atoms with Gasteiger partial charge in [0.1, 0.15) is 11.6 Å². The van der Waals surface area contributed by atoms with Gasteiger partial charge in [-0.3, -0.25) is 9.48 Å². The van der Waals surface area contributed by atoms with Crippen molar-refractivity contribution in [2.75, 3.05) is 0 Å². The van der Waals surface area contributed by atoms with Crippen LogP contribution in [-0.2, 0) is 13.5 Å². The Morgan fingerprint density at radius 1 is 1.06 bits per heavy atom. The van der Waals surface area contributed by atoms with Gasteiger partial charge in [-0.25, -0.2) is 18.7 Å². The summed E-state index contributed by atoms with van der Waals surface area (Å²) in [6.45, 7) is 0. The molecule has 2 unspecified atom stereocenters. The minimum atomic E-state index is -0.620. The number of carbonyl (C=O) groups excluding carboxylic acids is 1. The molecule has 2 aliphatic rings. The fourth-order valence-corrected chi connectivity index (χ4v) is 5.51. The van der Waals surface area contributed by atoms with Crippen LogP contribution < -0.4 is 0 Å². The molecule has 5 heterocycles. The highest BCUT2D eigenvalue weighted by Gasteiger charge is 2.43. The van der Waals surface area contributed by atoms with Crippen LogP contribution in [0.25, 0.3) is 22.3 Å². The van der Waals surface area contributed by atoms with Crippen LogP contribution in [0.3, 0.4) is 0 Å². The minimum Gasteiger partial charge on any atom is -0.327 e. The molecule has 3 aromatic heterocycles. The highest BCUT2D eigenvalue weighted by atomic mass is 19.1. The summed E-state index contributed by atoms with van der Waals surface area (Å²) in [5, 5.41) is 5.48. The molecule has 2 atom stereocenters. The Bertz CT molecular complexity index is 1390. The van der Waals surface area contributed by atoms with Crippen LogP contribution >= 0.6 is 0 Å². The van der Waals surface area contributed by atoms with Gasteiger partial charge in [-0.1, -0.05) is 0 Å². The third kappa shape index (κ3) is 3.12. The van der Waals surface area contributed by atoms with Gasteiger partial charge >= 0.3 is 0 Å². The molecule has 0 spiro atoms. The summed E-state index contributed by atoms with van der Waals surface area (Å²) < 4.78 is 29.6. The van der Waals surface area contributed by atoms with Gasteiger partial charge in [0.2, 0.25) is 0 Å². The Hall–Kier alpha value is -3.68. The van der Waals surface area contributed by atoms with Gasteiger partial charge < -0.3 is 4.90 Å². The molecule has 2 aliphatic heterocycles. The second-order valence-electron chi connectivity index (χ2n) is 8.74. The zero-order valence-corrected chi connectivity index (χ0v) is 18.0. The molecule has 0 N–H and O–H groups in total. The molecular weight excluding hydrogens is 424 g/mol. The first-order chi connectivity index (χ1) is 16.0. The van der Waals surface area contributed by atoms with Crippen LogP contribution in [0.4, 0.5) is 8.78 Å². The van der Waals surface area contributed by atoms with Crippen molar-refractivity contribution in [3.8, 4) is 11.3 Å². The first-order valence-corrected chi connectivity index (χ1v) is 11.1. The zero-order valence-electron chi connectivity index (χ0n) is 18.0. The van der Waals surface area contributed by atoms with E-state index in [1.54, 1.807) is 36.3 Å². The molecule has 33 heavy (non-hydrogen) atoms. The van der Waals surface area contributed by atoms with Crippen LogP contribution in [0, 0.1) is 11.6 Å². The molecule has 1 aromatic carbocycles. The molecule has 0 radical (unpaired) electrons. The number of hydrogen-bond donors (Lipinski definition) is 0. The normalized spacial score (nSPS) is 19.5. The van der Waals surface area contributed by atoms with E-state index in [-0.39, 0.29) is 18.0 Å². The predicted octanol–water partition coefficient (Wildman–Crippen LogP) is 4.60. The lowest BCUT2D eigenvalue weighted by Gasteiger charge is -2.45. The third-order valence-corrected chi connectivity index (χ3v) is 6.79.